The zero-order chi connectivity index (χ0) is 12.8. The van der Waals surface area contributed by atoms with Crippen molar-refractivity contribution in [3.8, 4) is 11.5 Å². The molecule has 7 heteroatoms. The molecule has 0 saturated carbocycles. The number of aryl methyl sites for hydroxylation is 1. The van der Waals surface area contributed by atoms with Gasteiger partial charge in [0.25, 0.3) is 0 Å². The van der Waals surface area contributed by atoms with E-state index in [1.807, 2.05) is 31.3 Å². The molecule has 3 aromatic heterocycles. The van der Waals surface area contributed by atoms with Crippen molar-refractivity contribution >= 4 is 16.6 Å². The summed E-state index contributed by atoms with van der Waals surface area (Å²) < 4.78 is 3.28. The predicted molar refractivity (Wildman–Crippen MR) is 68.3 cm³/mol. The lowest BCUT2D eigenvalue weighted by Gasteiger charge is -1.96. The van der Waals surface area contributed by atoms with E-state index in [0.717, 1.165) is 16.6 Å². The Morgan fingerprint density at radius 3 is 2.89 bits per heavy atom. The van der Waals surface area contributed by atoms with Crippen LogP contribution >= 0.6 is 0 Å². The second-order valence-corrected chi connectivity index (χ2v) is 4.24. The molecule has 0 aliphatic heterocycles. The Balaban J connectivity index is 2.03. The molecule has 0 unspecified atom stereocenters. The van der Waals surface area contributed by atoms with E-state index in [1.165, 1.54) is 0 Å². The van der Waals surface area contributed by atoms with Crippen molar-refractivity contribution in [1.29, 1.82) is 0 Å². The average Bonchev–Trinajstić information content (AvgIpc) is 3.04. The molecule has 0 radical (unpaired) electrons. The summed E-state index contributed by atoms with van der Waals surface area (Å²) in [5.74, 6) is 0.547. The summed E-state index contributed by atoms with van der Waals surface area (Å²) in [4.78, 5) is 8.86. The number of nitrogens with zero attached hydrogens (tertiary/aromatic N) is 7. The summed E-state index contributed by atoms with van der Waals surface area (Å²) in [6.07, 6.45) is 3.44. The number of para-hydroxylation sites is 1. The van der Waals surface area contributed by atoms with Crippen molar-refractivity contribution in [3.63, 3.8) is 0 Å². The van der Waals surface area contributed by atoms with Crippen LogP contribution in [0.2, 0.25) is 0 Å². The maximum Gasteiger partial charge on any atom is 0.204 e. The van der Waals surface area contributed by atoms with Gasteiger partial charge in [-0.05, 0) is 12.1 Å². The maximum atomic E-state index is 4.52. The fourth-order valence-electron chi connectivity index (χ4n) is 2.04. The van der Waals surface area contributed by atoms with E-state index in [-0.39, 0.29) is 0 Å². The van der Waals surface area contributed by atoms with Gasteiger partial charge in [0.2, 0.25) is 5.82 Å². The molecule has 0 fully saturated rings. The van der Waals surface area contributed by atoms with Crippen LogP contribution in [0.25, 0.3) is 28.1 Å². The number of rotatable bonds is 1. The summed E-state index contributed by atoms with van der Waals surface area (Å²) in [5.41, 5.74) is 2.31. The smallest absolute Gasteiger partial charge is 0.204 e. The first-order valence-electron chi connectivity index (χ1n) is 5.78. The number of aromatic nitrogens is 7. The Hall–Kier alpha value is -2.83. The fourth-order valence-corrected chi connectivity index (χ4v) is 2.04. The van der Waals surface area contributed by atoms with Crippen LogP contribution in [0.5, 0.6) is 0 Å². The molecular formula is C12H9N7. The van der Waals surface area contributed by atoms with Gasteiger partial charge in [0.1, 0.15) is 6.33 Å². The molecule has 92 valence electrons. The number of benzene rings is 1. The largest absolute Gasteiger partial charge is 0.255 e. The van der Waals surface area contributed by atoms with Crippen molar-refractivity contribution in [2.75, 3.05) is 0 Å². The molecule has 0 aliphatic rings. The normalized spacial score (nSPS) is 11.4. The van der Waals surface area contributed by atoms with E-state index in [0.29, 0.717) is 11.5 Å². The molecule has 0 bridgehead atoms. The first kappa shape index (κ1) is 10.1. The van der Waals surface area contributed by atoms with Crippen LogP contribution in [0.1, 0.15) is 0 Å². The highest BCUT2D eigenvalue weighted by Gasteiger charge is 2.11. The van der Waals surface area contributed by atoms with E-state index in [2.05, 4.69) is 25.4 Å². The summed E-state index contributed by atoms with van der Waals surface area (Å²) in [6.45, 7) is 0. The highest BCUT2D eigenvalue weighted by molar-refractivity contribution is 5.91. The van der Waals surface area contributed by atoms with E-state index >= 15 is 0 Å². The highest BCUT2D eigenvalue weighted by Crippen LogP contribution is 2.19. The molecule has 3 heterocycles. The van der Waals surface area contributed by atoms with Gasteiger partial charge in [-0.1, -0.05) is 17.3 Å². The van der Waals surface area contributed by atoms with Crippen LogP contribution in [0, 0.1) is 0 Å². The lowest BCUT2D eigenvalue weighted by molar-refractivity contribution is 0.715. The Bertz CT molecular complexity index is 889. The predicted octanol–water partition coefficient (Wildman–Crippen LogP) is 1.07. The molecule has 4 rings (SSSR count). The van der Waals surface area contributed by atoms with Crippen LogP contribution in [-0.4, -0.2) is 34.6 Å². The second-order valence-electron chi connectivity index (χ2n) is 4.24. The monoisotopic (exact) mass is 251 g/mol. The van der Waals surface area contributed by atoms with Crippen LogP contribution < -0.4 is 0 Å². The zero-order valence-corrected chi connectivity index (χ0v) is 10.1. The van der Waals surface area contributed by atoms with E-state index in [9.17, 15) is 0 Å². The van der Waals surface area contributed by atoms with Gasteiger partial charge in [0, 0.05) is 12.4 Å². The van der Waals surface area contributed by atoms with Gasteiger partial charge >= 0.3 is 0 Å². The molecule has 1 aromatic carbocycles. The highest BCUT2D eigenvalue weighted by atomic mass is 15.4. The minimum absolute atomic E-state index is 0.547. The van der Waals surface area contributed by atoms with E-state index < -0.39 is 0 Å². The lowest BCUT2D eigenvalue weighted by Crippen LogP contribution is -1.90. The molecule has 0 aliphatic carbocycles. The maximum absolute atomic E-state index is 4.52. The summed E-state index contributed by atoms with van der Waals surface area (Å²) >= 11 is 0. The van der Waals surface area contributed by atoms with Gasteiger partial charge in [-0.15, -0.1) is 10.2 Å². The van der Waals surface area contributed by atoms with Gasteiger partial charge in [-0.25, -0.2) is 14.5 Å². The van der Waals surface area contributed by atoms with Crippen molar-refractivity contribution in [2.45, 2.75) is 0 Å². The van der Waals surface area contributed by atoms with E-state index in [4.69, 9.17) is 0 Å². The molecule has 0 amide bonds. The number of hydrogen-bond acceptors (Lipinski definition) is 5. The Morgan fingerprint density at radius 1 is 1.16 bits per heavy atom. The molecule has 0 saturated heterocycles. The Labute approximate surface area is 107 Å². The van der Waals surface area contributed by atoms with E-state index in [1.54, 1.807) is 21.7 Å². The first-order valence-corrected chi connectivity index (χ1v) is 5.78. The molecule has 7 nitrogen and oxygen atoms in total. The minimum atomic E-state index is 0.547. The van der Waals surface area contributed by atoms with Crippen molar-refractivity contribution < 1.29 is 0 Å². The standard InChI is InChI=1S/C12H9N7/c1-18-6-10(15-17-18)11-14-12-8-4-2-3-5-9(8)13-7-19(12)16-11/h2-7H,1H3. The topological polar surface area (TPSA) is 73.8 Å². The molecule has 4 aromatic rings. The van der Waals surface area contributed by atoms with Crippen LogP contribution in [0.15, 0.2) is 36.8 Å². The molecular weight excluding hydrogens is 242 g/mol. The SMILES string of the molecule is Cn1cc(-c2nc3c4ccccc4ncn3n2)nn1. The van der Waals surface area contributed by atoms with Gasteiger partial charge in [0.15, 0.2) is 11.3 Å². The van der Waals surface area contributed by atoms with Crippen molar-refractivity contribution in [2.24, 2.45) is 7.05 Å². The molecule has 0 spiro atoms. The van der Waals surface area contributed by atoms with Crippen LogP contribution in [-0.2, 0) is 7.05 Å². The Kier molecular flexibility index (Phi) is 1.91. The first-order chi connectivity index (χ1) is 9.31. The third-order valence-electron chi connectivity index (χ3n) is 2.91. The van der Waals surface area contributed by atoms with Gasteiger partial charge in [-0.3, -0.25) is 4.68 Å². The second kappa shape index (κ2) is 3.58. The molecule has 0 N–H and O–H groups in total. The van der Waals surface area contributed by atoms with Gasteiger partial charge < -0.3 is 0 Å². The number of fused-ring (bicyclic) bond motifs is 3. The lowest BCUT2D eigenvalue weighted by atomic mass is 10.2. The summed E-state index contributed by atoms with van der Waals surface area (Å²) in [7, 11) is 1.81. The molecule has 19 heavy (non-hydrogen) atoms. The third kappa shape index (κ3) is 1.48. The number of hydrogen-bond donors (Lipinski definition) is 0. The van der Waals surface area contributed by atoms with Gasteiger partial charge in [0.05, 0.1) is 11.7 Å². The fraction of sp³-hybridized carbons (Fsp3) is 0.0833. The molecule has 0 atom stereocenters. The zero-order valence-electron chi connectivity index (χ0n) is 10.1. The van der Waals surface area contributed by atoms with Crippen molar-refractivity contribution in [1.82, 2.24) is 34.6 Å². The summed E-state index contributed by atoms with van der Waals surface area (Å²) in [5, 5.41) is 13.2. The van der Waals surface area contributed by atoms with Crippen LogP contribution in [0.3, 0.4) is 0 Å². The average molecular weight is 251 g/mol. The minimum Gasteiger partial charge on any atom is -0.255 e. The Morgan fingerprint density at radius 2 is 2.05 bits per heavy atom. The van der Waals surface area contributed by atoms with Gasteiger partial charge in [-0.2, -0.15) is 0 Å². The summed E-state index contributed by atoms with van der Waals surface area (Å²) in [6, 6.07) is 7.84. The quantitative estimate of drug-likeness (QED) is 0.506. The van der Waals surface area contributed by atoms with Crippen LogP contribution in [0.4, 0.5) is 0 Å². The third-order valence-corrected chi connectivity index (χ3v) is 2.91. The van der Waals surface area contributed by atoms with Crippen molar-refractivity contribution in [3.05, 3.63) is 36.8 Å².